The van der Waals surface area contributed by atoms with Crippen LogP contribution in [0, 0.1) is 0 Å². The third-order valence-electron chi connectivity index (χ3n) is 4.49. The molecule has 3 unspecified atom stereocenters. The first-order chi connectivity index (χ1) is 9.63. The van der Waals surface area contributed by atoms with Gasteiger partial charge in [-0.15, -0.1) is 0 Å². The lowest BCUT2D eigenvalue weighted by molar-refractivity contribution is -0.142. The molecule has 2 N–H and O–H groups in total. The van der Waals surface area contributed by atoms with Gasteiger partial charge in [0.25, 0.3) is 0 Å². The summed E-state index contributed by atoms with van der Waals surface area (Å²) in [5, 5.41) is 12.9. The Labute approximate surface area is 120 Å². The van der Waals surface area contributed by atoms with Gasteiger partial charge in [-0.3, -0.25) is 9.59 Å². The molecule has 0 aromatic heterocycles. The van der Waals surface area contributed by atoms with E-state index in [9.17, 15) is 14.7 Å². The molecule has 2 amide bonds. The molecule has 1 saturated carbocycles. The molecule has 0 spiro atoms. The minimum absolute atomic E-state index is 0.0500. The van der Waals surface area contributed by atoms with E-state index in [2.05, 4.69) is 5.32 Å². The molecular formula is C15H26N2O3. The van der Waals surface area contributed by atoms with E-state index in [1.165, 1.54) is 0 Å². The minimum atomic E-state index is -0.438. The monoisotopic (exact) mass is 282 g/mol. The minimum Gasteiger partial charge on any atom is -0.391 e. The van der Waals surface area contributed by atoms with Crippen molar-refractivity contribution in [3.63, 3.8) is 0 Å². The molecule has 1 saturated heterocycles. The summed E-state index contributed by atoms with van der Waals surface area (Å²) in [7, 11) is 0. The van der Waals surface area contributed by atoms with Crippen LogP contribution in [0.25, 0.3) is 0 Å². The van der Waals surface area contributed by atoms with E-state index in [0.29, 0.717) is 13.0 Å². The second kappa shape index (κ2) is 7.07. The smallest absolute Gasteiger partial charge is 0.243 e. The SMILES string of the molecule is CCC(=O)N1CCCCC1C(=O)NC1CCCCC1O. The first-order valence-electron chi connectivity index (χ1n) is 7.91. The van der Waals surface area contributed by atoms with Gasteiger partial charge in [0.15, 0.2) is 0 Å². The molecule has 1 aliphatic carbocycles. The number of nitrogens with one attached hydrogen (secondary N) is 1. The molecular weight excluding hydrogens is 256 g/mol. The van der Waals surface area contributed by atoms with Crippen molar-refractivity contribution in [2.75, 3.05) is 6.54 Å². The maximum absolute atomic E-state index is 12.4. The Hall–Kier alpha value is -1.10. The van der Waals surface area contributed by atoms with Crippen LogP contribution in [0.5, 0.6) is 0 Å². The molecule has 0 aromatic carbocycles. The largest absolute Gasteiger partial charge is 0.391 e. The number of rotatable bonds is 3. The van der Waals surface area contributed by atoms with Crippen LogP contribution < -0.4 is 5.32 Å². The van der Waals surface area contributed by atoms with Gasteiger partial charge in [0.2, 0.25) is 11.8 Å². The standard InChI is InChI=1S/C15H26N2O3/c1-2-14(19)17-10-6-5-8-12(17)15(20)16-11-7-3-4-9-13(11)18/h11-13,18H,2-10H2,1H3,(H,16,20). The molecule has 0 bridgehead atoms. The second-order valence-electron chi connectivity index (χ2n) is 5.92. The lowest BCUT2D eigenvalue weighted by atomic mass is 9.92. The zero-order valence-corrected chi connectivity index (χ0v) is 12.3. The van der Waals surface area contributed by atoms with Gasteiger partial charge < -0.3 is 15.3 Å². The lowest BCUT2D eigenvalue weighted by Crippen LogP contribution is -2.55. The Balaban J connectivity index is 1.96. The van der Waals surface area contributed by atoms with E-state index < -0.39 is 6.10 Å². The molecule has 1 heterocycles. The number of hydrogen-bond donors (Lipinski definition) is 2. The fourth-order valence-corrected chi connectivity index (χ4v) is 3.26. The Morgan fingerprint density at radius 2 is 1.85 bits per heavy atom. The van der Waals surface area contributed by atoms with Crippen LogP contribution in [-0.2, 0) is 9.59 Å². The number of piperidine rings is 1. The molecule has 0 aromatic rings. The first-order valence-corrected chi connectivity index (χ1v) is 7.91. The molecule has 5 heteroatoms. The number of hydrogen-bond acceptors (Lipinski definition) is 3. The Morgan fingerprint density at radius 1 is 1.15 bits per heavy atom. The summed E-state index contributed by atoms with van der Waals surface area (Å²) in [5.41, 5.74) is 0. The van der Waals surface area contributed by atoms with E-state index in [1.807, 2.05) is 6.92 Å². The summed E-state index contributed by atoms with van der Waals surface area (Å²) in [5.74, 6) is -0.0357. The van der Waals surface area contributed by atoms with Crippen molar-refractivity contribution in [1.29, 1.82) is 0 Å². The van der Waals surface area contributed by atoms with Crippen LogP contribution in [0.1, 0.15) is 58.3 Å². The average Bonchev–Trinajstić information content (AvgIpc) is 2.48. The van der Waals surface area contributed by atoms with Crippen LogP contribution in [0.2, 0.25) is 0 Å². The van der Waals surface area contributed by atoms with E-state index >= 15 is 0 Å². The molecule has 3 atom stereocenters. The van der Waals surface area contributed by atoms with Gasteiger partial charge >= 0.3 is 0 Å². The summed E-state index contributed by atoms with van der Waals surface area (Å²) in [4.78, 5) is 26.1. The van der Waals surface area contributed by atoms with E-state index in [1.54, 1.807) is 4.90 Å². The third kappa shape index (κ3) is 3.51. The summed E-state index contributed by atoms with van der Waals surface area (Å²) in [6, 6.07) is -0.484. The van der Waals surface area contributed by atoms with E-state index in [4.69, 9.17) is 0 Å². The summed E-state index contributed by atoms with van der Waals surface area (Å²) in [6.45, 7) is 2.51. The number of carbonyl (C=O) groups is 2. The normalized spacial score (nSPS) is 30.9. The maximum Gasteiger partial charge on any atom is 0.243 e. The highest BCUT2D eigenvalue weighted by Crippen LogP contribution is 2.21. The second-order valence-corrected chi connectivity index (χ2v) is 5.92. The Morgan fingerprint density at radius 3 is 2.55 bits per heavy atom. The molecule has 0 radical (unpaired) electrons. The van der Waals surface area contributed by atoms with Gasteiger partial charge in [0.05, 0.1) is 12.1 Å². The summed E-state index contributed by atoms with van der Waals surface area (Å²) in [6.07, 6.45) is 6.36. The summed E-state index contributed by atoms with van der Waals surface area (Å²) >= 11 is 0. The third-order valence-corrected chi connectivity index (χ3v) is 4.49. The highest BCUT2D eigenvalue weighted by molar-refractivity contribution is 5.88. The topological polar surface area (TPSA) is 69.6 Å². The van der Waals surface area contributed by atoms with Crippen molar-refractivity contribution in [3.8, 4) is 0 Å². The van der Waals surface area contributed by atoms with Crippen molar-refractivity contribution < 1.29 is 14.7 Å². The summed E-state index contributed by atoms with van der Waals surface area (Å²) < 4.78 is 0. The van der Waals surface area contributed by atoms with Crippen molar-refractivity contribution >= 4 is 11.8 Å². The van der Waals surface area contributed by atoms with Gasteiger partial charge in [-0.05, 0) is 32.1 Å². The molecule has 5 nitrogen and oxygen atoms in total. The number of aliphatic hydroxyl groups is 1. The van der Waals surface area contributed by atoms with Gasteiger partial charge in [-0.25, -0.2) is 0 Å². The number of amides is 2. The van der Waals surface area contributed by atoms with Gasteiger partial charge in [-0.2, -0.15) is 0 Å². The van der Waals surface area contributed by atoms with Crippen LogP contribution in [0.4, 0.5) is 0 Å². The maximum atomic E-state index is 12.4. The molecule has 2 fully saturated rings. The molecule has 20 heavy (non-hydrogen) atoms. The van der Waals surface area contributed by atoms with E-state index in [-0.39, 0.29) is 23.9 Å². The Bertz CT molecular complexity index is 359. The molecule has 2 rings (SSSR count). The number of carbonyl (C=O) groups excluding carboxylic acids is 2. The average molecular weight is 282 g/mol. The number of likely N-dealkylation sites (tertiary alicyclic amines) is 1. The highest BCUT2D eigenvalue weighted by atomic mass is 16.3. The van der Waals surface area contributed by atoms with E-state index in [0.717, 1.165) is 44.9 Å². The number of nitrogens with zero attached hydrogens (tertiary/aromatic N) is 1. The molecule has 2 aliphatic rings. The van der Waals surface area contributed by atoms with Gasteiger partial charge in [0, 0.05) is 13.0 Å². The van der Waals surface area contributed by atoms with Crippen LogP contribution in [0.15, 0.2) is 0 Å². The Kier molecular flexibility index (Phi) is 5.40. The highest BCUT2D eigenvalue weighted by Gasteiger charge is 2.33. The zero-order valence-electron chi connectivity index (χ0n) is 12.3. The van der Waals surface area contributed by atoms with Crippen molar-refractivity contribution in [2.45, 2.75) is 76.5 Å². The zero-order chi connectivity index (χ0) is 14.5. The van der Waals surface area contributed by atoms with Crippen molar-refractivity contribution in [2.24, 2.45) is 0 Å². The first kappa shape index (κ1) is 15.3. The van der Waals surface area contributed by atoms with Gasteiger partial charge in [-0.1, -0.05) is 19.8 Å². The number of aliphatic hydroxyl groups excluding tert-OH is 1. The van der Waals surface area contributed by atoms with Crippen LogP contribution in [-0.4, -0.2) is 46.6 Å². The van der Waals surface area contributed by atoms with Crippen LogP contribution >= 0.6 is 0 Å². The molecule has 1 aliphatic heterocycles. The predicted octanol–water partition coefficient (Wildman–Crippen LogP) is 1.20. The quantitative estimate of drug-likeness (QED) is 0.817. The van der Waals surface area contributed by atoms with Crippen LogP contribution in [0.3, 0.4) is 0 Å². The van der Waals surface area contributed by atoms with Crippen molar-refractivity contribution in [3.05, 3.63) is 0 Å². The fourth-order valence-electron chi connectivity index (χ4n) is 3.26. The van der Waals surface area contributed by atoms with Gasteiger partial charge in [0.1, 0.15) is 6.04 Å². The predicted molar refractivity (Wildman–Crippen MR) is 76.0 cm³/mol. The lowest BCUT2D eigenvalue weighted by Gasteiger charge is -2.36. The molecule has 114 valence electrons. The van der Waals surface area contributed by atoms with Crippen molar-refractivity contribution in [1.82, 2.24) is 10.2 Å². The fraction of sp³-hybridized carbons (Fsp3) is 0.867.